The lowest BCUT2D eigenvalue weighted by Gasteiger charge is -2.12. The molecule has 0 saturated carbocycles. The molecule has 25 heavy (non-hydrogen) atoms. The summed E-state index contributed by atoms with van der Waals surface area (Å²) in [5, 5.41) is 6.89. The zero-order valence-electron chi connectivity index (χ0n) is 14.5. The van der Waals surface area contributed by atoms with Crippen molar-refractivity contribution >= 4 is 15.9 Å². The quantitative estimate of drug-likeness (QED) is 0.661. The highest BCUT2D eigenvalue weighted by atomic mass is 32.2. The van der Waals surface area contributed by atoms with Gasteiger partial charge in [0.25, 0.3) is 0 Å². The largest absolute Gasteiger partial charge is 0.356 e. The minimum absolute atomic E-state index is 0.0185. The maximum atomic E-state index is 12.1. The summed E-state index contributed by atoms with van der Waals surface area (Å²) in [5.74, 6) is -0.0793. The van der Waals surface area contributed by atoms with Crippen LogP contribution in [0.3, 0.4) is 0 Å². The van der Waals surface area contributed by atoms with Crippen molar-refractivity contribution in [2.24, 2.45) is 0 Å². The fraction of sp³-hybridized carbons (Fsp3) is 0.412. The molecule has 1 aromatic carbocycles. The van der Waals surface area contributed by atoms with Gasteiger partial charge in [-0.05, 0) is 38.5 Å². The van der Waals surface area contributed by atoms with Gasteiger partial charge in [-0.25, -0.2) is 13.1 Å². The Hall–Kier alpha value is -2.19. The van der Waals surface area contributed by atoms with Gasteiger partial charge in [-0.15, -0.1) is 0 Å². The SMILES string of the molecule is Cc1ccc(S(=O)(=O)NCCCNC(=O)CC(C)n2cccn2)cc1. The molecule has 0 aliphatic heterocycles. The van der Waals surface area contributed by atoms with E-state index in [0.717, 1.165) is 5.56 Å². The third kappa shape index (κ3) is 5.99. The molecule has 136 valence electrons. The molecule has 0 bridgehead atoms. The lowest BCUT2D eigenvalue weighted by molar-refractivity contribution is -0.121. The van der Waals surface area contributed by atoms with Crippen molar-refractivity contribution in [2.45, 2.75) is 37.6 Å². The van der Waals surface area contributed by atoms with Crippen molar-refractivity contribution < 1.29 is 13.2 Å². The van der Waals surface area contributed by atoms with Crippen LogP contribution in [0.5, 0.6) is 0 Å². The monoisotopic (exact) mass is 364 g/mol. The summed E-state index contributed by atoms with van der Waals surface area (Å²) in [6.07, 6.45) is 4.34. The molecule has 0 radical (unpaired) electrons. The first-order chi connectivity index (χ1) is 11.9. The molecular weight excluding hydrogens is 340 g/mol. The van der Waals surface area contributed by atoms with Crippen LogP contribution in [0.2, 0.25) is 0 Å². The second kappa shape index (κ2) is 8.77. The van der Waals surface area contributed by atoms with Gasteiger partial charge in [-0.3, -0.25) is 9.48 Å². The highest BCUT2D eigenvalue weighted by Gasteiger charge is 2.13. The molecule has 2 N–H and O–H groups in total. The van der Waals surface area contributed by atoms with Gasteiger partial charge in [0.2, 0.25) is 15.9 Å². The molecule has 0 fully saturated rings. The van der Waals surface area contributed by atoms with E-state index in [1.807, 2.05) is 26.1 Å². The lowest BCUT2D eigenvalue weighted by atomic mass is 10.2. The lowest BCUT2D eigenvalue weighted by Crippen LogP contribution is -2.30. The minimum atomic E-state index is -3.50. The molecule has 1 heterocycles. The van der Waals surface area contributed by atoms with E-state index in [4.69, 9.17) is 0 Å². The Balaban J connectivity index is 1.67. The molecule has 7 nitrogen and oxygen atoms in total. The van der Waals surface area contributed by atoms with E-state index in [1.165, 1.54) is 0 Å². The number of sulfonamides is 1. The topological polar surface area (TPSA) is 93.1 Å². The number of carbonyl (C=O) groups is 1. The van der Waals surface area contributed by atoms with Crippen LogP contribution in [0.4, 0.5) is 0 Å². The number of aromatic nitrogens is 2. The molecule has 2 aromatic rings. The summed E-state index contributed by atoms with van der Waals surface area (Å²) < 4.78 is 28.5. The van der Waals surface area contributed by atoms with Crippen LogP contribution < -0.4 is 10.0 Å². The number of amides is 1. The summed E-state index contributed by atoms with van der Waals surface area (Å²) >= 11 is 0. The third-order valence-corrected chi connectivity index (χ3v) is 5.23. The molecule has 0 saturated heterocycles. The van der Waals surface area contributed by atoms with Crippen LogP contribution >= 0.6 is 0 Å². The van der Waals surface area contributed by atoms with Crippen LogP contribution in [0.25, 0.3) is 0 Å². The average molecular weight is 364 g/mol. The zero-order valence-corrected chi connectivity index (χ0v) is 15.3. The number of nitrogens with one attached hydrogen (secondary N) is 2. The van der Waals surface area contributed by atoms with E-state index in [-0.39, 0.29) is 23.4 Å². The van der Waals surface area contributed by atoms with E-state index in [2.05, 4.69) is 15.1 Å². The second-order valence-electron chi connectivity index (χ2n) is 5.95. The van der Waals surface area contributed by atoms with E-state index < -0.39 is 10.0 Å². The first-order valence-electron chi connectivity index (χ1n) is 8.20. The van der Waals surface area contributed by atoms with Gasteiger partial charge in [-0.1, -0.05) is 17.7 Å². The van der Waals surface area contributed by atoms with Crippen LogP contribution in [0.1, 0.15) is 31.4 Å². The van der Waals surface area contributed by atoms with Gasteiger partial charge >= 0.3 is 0 Å². The van der Waals surface area contributed by atoms with Crippen molar-refractivity contribution in [3.63, 3.8) is 0 Å². The maximum absolute atomic E-state index is 12.1. The number of hydrogen-bond donors (Lipinski definition) is 2. The molecule has 0 aliphatic rings. The summed E-state index contributed by atoms with van der Waals surface area (Å²) in [7, 11) is -3.50. The number of benzene rings is 1. The molecule has 0 aliphatic carbocycles. The molecule has 1 unspecified atom stereocenters. The van der Waals surface area contributed by atoms with Crippen molar-refractivity contribution in [2.75, 3.05) is 13.1 Å². The Morgan fingerprint density at radius 1 is 1.24 bits per heavy atom. The Bertz CT molecular complexity index is 771. The Morgan fingerprint density at radius 3 is 2.60 bits per heavy atom. The standard InChI is InChI=1S/C17H24N4O3S/c1-14-5-7-16(8-6-14)25(23,24)20-11-3-9-18-17(22)13-15(2)21-12-4-10-19-21/h4-8,10,12,15,20H,3,9,11,13H2,1-2H3,(H,18,22). The van der Waals surface area contributed by atoms with Gasteiger partial charge in [0.05, 0.1) is 10.9 Å². The first kappa shape index (κ1) is 19.1. The van der Waals surface area contributed by atoms with Gasteiger partial charge in [-0.2, -0.15) is 5.10 Å². The smallest absolute Gasteiger partial charge is 0.240 e. The van der Waals surface area contributed by atoms with Crippen LogP contribution in [0.15, 0.2) is 47.6 Å². The fourth-order valence-corrected chi connectivity index (χ4v) is 3.37. The third-order valence-electron chi connectivity index (χ3n) is 3.76. The molecule has 8 heteroatoms. The average Bonchev–Trinajstić information content (AvgIpc) is 3.09. The maximum Gasteiger partial charge on any atom is 0.240 e. The zero-order chi connectivity index (χ0) is 18.3. The number of carbonyl (C=O) groups excluding carboxylic acids is 1. The molecule has 2 rings (SSSR count). The van der Waals surface area contributed by atoms with Crippen molar-refractivity contribution in [3.05, 3.63) is 48.3 Å². The van der Waals surface area contributed by atoms with Crippen LogP contribution in [0, 0.1) is 6.92 Å². The number of aryl methyl sites for hydroxylation is 1. The first-order valence-corrected chi connectivity index (χ1v) is 9.69. The molecule has 1 atom stereocenters. The summed E-state index contributed by atoms with van der Waals surface area (Å²) in [6.45, 7) is 4.51. The second-order valence-corrected chi connectivity index (χ2v) is 7.72. The summed E-state index contributed by atoms with van der Waals surface area (Å²) in [4.78, 5) is 12.1. The predicted octanol–water partition coefficient (Wildman–Crippen LogP) is 1.63. The predicted molar refractivity (Wildman–Crippen MR) is 95.5 cm³/mol. The van der Waals surface area contributed by atoms with E-state index in [9.17, 15) is 13.2 Å². The molecule has 1 aromatic heterocycles. The summed E-state index contributed by atoms with van der Waals surface area (Å²) in [6, 6.07) is 8.47. The van der Waals surface area contributed by atoms with E-state index in [1.54, 1.807) is 35.1 Å². The van der Waals surface area contributed by atoms with Crippen molar-refractivity contribution in [1.29, 1.82) is 0 Å². The minimum Gasteiger partial charge on any atom is -0.356 e. The van der Waals surface area contributed by atoms with Gasteiger partial charge in [0.1, 0.15) is 0 Å². The van der Waals surface area contributed by atoms with Crippen molar-refractivity contribution in [3.8, 4) is 0 Å². The van der Waals surface area contributed by atoms with Crippen molar-refractivity contribution in [1.82, 2.24) is 19.8 Å². The number of hydrogen-bond acceptors (Lipinski definition) is 4. The highest BCUT2D eigenvalue weighted by Crippen LogP contribution is 2.10. The van der Waals surface area contributed by atoms with Gasteiger partial charge in [0.15, 0.2) is 0 Å². The van der Waals surface area contributed by atoms with Gasteiger partial charge < -0.3 is 5.32 Å². The Labute approximate surface area is 148 Å². The van der Waals surface area contributed by atoms with E-state index >= 15 is 0 Å². The Morgan fingerprint density at radius 2 is 1.96 bits per heavy atom. The van der Waals surface area contributed by atoms with Crippen LogP contribution in [-0.4, -0.2) is 37.2 Å². The van der Waals surface area contributed by atoms with E-state index in [0.29, 0.717) is 19.4 Å². The Kier molecular flexibility index (Phi) is 6.72. The van der Waals surface area contributed by atoms with Gasteiger partial charge in [0, 0.05) is 31.9 Å². The summed E-state index contributed by atoms with van der Waals surface area (Å²) in [5.41, 5.74) is 1.01. The highest BCUT2D eigenvalue weighted by molar-refractivity contribution is 7.89. The normalized spacial score (nSPS) is 12.7. The van der Waals surface area contributed by atoms with Crippen LogP contribution in [-0.2, 0) is 14.8 Å². The fourth-order valence-electron chi connectivity index (χ4n) is 2.30. The number of rotatable bonds is 9. The number of nitrogens with zero attached hydrogens (tertiary/aromatic N) is 2. The molecule has 1 amide bonds. The molecular formula is C17H24N4O3S. The molecule has 0 spiro atoms.